The molecule has 0 saturated carbocycles. The molecule has 0 aliphatic heterocycles. The van der Waals surface area contributed by atoms with Crippen LogP contribution in [-0.2, 0) is 4.79 Å². The van der Waals surface area contributed by atoms with Crippen molar-refractivity contribution < 1.29 is 9.53 Å². The predicted molar refractivity (Wildman–Crippen MR) is 94.3 cm³/mol. The van der Waals surface area contributed by atoms with Crippen molar-refractivity contribution in [2.75, 3.05) is 0 Å². The number of carbonyl (C=O) groups is 1. The number of aromatic nitrogens is 1. The average molecular weight is 348 g/mol. The van der Waals surface area contributed by atoms with Gasteiger partial charge >= 0.3 is 5.97 Å². The zero-order valence-corrected chi connectivity index (χ0v) is 14.0. The van der Waals surface area contributed by atoms with Gasteiger partial charge in [0.25, 0.3) is 0 Å². The highest BCUT2D eigenvalue weighted by Crippen LogP contribution is 2.40. The topological polar surface area (TPSA) is 42.1 Å². The first-order chi connectivity index (χ1) is 11.1. The Labute approximate surface area is 144 Å². The molecule has 3 nitrogen and oxygen atoms in total. The van der Waals surface area contributed by atoms with Gasteiger partial charge in [0.15, 0.2) is 5.75 Å². The van der Waals surface area contributed by atoms with Crippen molar-refractivity contribution >= 4 is 40.1 Å². The fourth-order valence-corrected chi connectivity index (χ4v) is 2.98. The molecular weight excluding hydrogens is 333 g/mol. The Balaban J connectivity index is 2.17. The van der Waals surface area contributed by atoms with Gasteiger partial charge in [0.1, 0.15) is 0 Å². The highest BCUT2D eigenvalue weighted by atomic mass is 35.5. The molecule has 0 aliphatic rings. The van der Waals surface area contributed by atoms with Gasteiger partial charge in [-0.1, -0.05) is 42.3 Å². The van der Waals surface area contributed by atoms with E-state index >= 15 is 0 Å². The third-order valence-electron chi connectivity index (χ3n) is 3.53. The number of rotatable bonds is 4. The zero-order valence-electron chi connectivity index (χ0n) is 12.5. The molecule has 1 aromatic heterocycles. The van der Waals surface area contributed by atoms with Crippen LogP contribution in [0.15, 0.2) is 42.5 Å². The van der Waals surface area contributed by atoms with Gasteiger partial charge < -0.3 is 9.72 Å². The number of fused-ring (bicyclic) bond motifs is 1. The maximum absolute atomic E-state index is 12.0. The Kier molecular flexibility index (Phi) is 4.60. The second-order valence-corrected chi connectivity index (χ2v) is 6.07. The molecule has 3 rings (SSSR count). The fraction of sp³-hybridized carbons (Fsp3) is 0.167. The molecule has 0 unspecified atom stereocenters. The van der Waals surface area contributed by atoms with Crippen LogP contribution in [0.1, 0.15) is 19.8 Å². The summed E-state index contributed by atoms with van der Waals surface area (Å²) in [6, 6.07) is 12.9. The molecule has 0 bridgehead atoms. The molecule has 0 saturated heterocycles. The quantitative estimate of drug-likeness (QED) is 0.601. The van der Waals surface area contributed by atoms with Crippen molar-refractivity contribution in [2.45, 2.75) is 19.8 Å². The number of nitrogens with one attached hydrogen (secondary N) is 1. The summed E-state index contributed by atoms with van der Waals surface area (Å²) < 4.78 is 5.62. The Hall–Kier alpha value is -1.97. The van der Waals surface area contributed by atoms with Gasteiger partial charge in [-0.25, -0.2) is 0 Å². The molecule has 0 radical (unpaired) electrons. The minimum atomic E-state index is -0.261. The summed E-state index contributed by atoms with van der Waals surface area (Å²) in [5.74, 6) is 0.242. The van der Waals surface area contributed by atoms with E-state index in [2.05, 4.69) is 4.98 Å². The van der Waals surface area contributed by atoms with Crippen LogP contribution in [0.3, 0.4) is 0 Å². The van der Waals surface area contributed by atoms with Crippen LogP contribution in [0.4, 0.5) is 0 Å². The lowest BCUT2D eigenvalue weighted by molar-refractivity contribution is -0.134. The molecule has 1 heterocycles. The lowest BCUT2D eigenvalue weighted by Gasteiger charge is -2.08. The highest BCUT2D eigenvalue weighted by Gasteiger charge is 2.19. The van der Waals surface area contributed by atoms with Crippen molar-refractivity contribution in [1.29, 1.82) is 0 Å². The standard InChI is InChI=1S/C18H15Cl2NO2/c1-2-5-16(22)23-18-13-6-3-4-7-15(13)21-17(18)12-9-8-11(19)10-14(12)20/h3-4,6-10,21H,2,5H2,1H3. The number of H-pyrrole nitrogens is 1. The number of para-hydroxylation sites is 1. The maximum atomic E-state index is 12.0. The van der Waals surface area contributed by atoms with Crippen LogP contribution in [0, 0.1) is 0 Å². The largest absolute Gasteiger partial charge is 0.424 e. The summed E-state index contributed by atoms with van der Waals surface area (Å²) in [6.45, 7) is 1.94. The van der Waals surface area contributed by atoms with E-state index in [1.165, 1.54) is 0 Å². The van der Waals surface area contributed by atoms with E-state index in [4.69, 9.17) is 27.9 Å². The van der Waals surface area contributed by atoms with Crippen LogP contribution >= 0.6 is 23.2 Å². The normalized spacial score (nSPS) is 10.9. The lowest BCUT2D eigenvalue weighted by Crippen LogP contribution is -2.07. The third kappa shape index (κ3) is 3.21. The Morgan fingerprint density at radius 1 is 1.17 bits per heavy atom. The molecular formula is C18H15Cl2NO2. The maximum Gasteiger partial charge on any atom is 0.311 e. The minimum absolute atomic E-state index is 0.261. The summed E-state index contributed by atoms with van der Waals surface area (Å²) in [6.07, 6.45) is 1.10. The minimum Gasteiger partial charge on any atom is -0.424 e. The first kappa shape index (κ1) is 15.9. The van der Waals surface area contributed by atoms with Gasteiger partial charge in [0.05, 0.1) is 10.7 Å². The third-order valence-corrected chi connectivity index (χ3v) is 4.08. The van der Waals surface area contributed by atoms with Crippen molar-refractivity contribution in [3.63, 3.8) is 0 Å². The van der Waals surface area contributed by atoms with Gasteiger partial charge in [0, 0.05) is 27.9 Å². The molecule has 1 N–H and O–H groups in total. The second-order valence-electron chi connectivity index (χ2n) is 5.22. The van der Waals surface area contributed by atoms with Crippen molar-refractivity contribution in [3.8, 4) is 17.0 Å². The molecule has 0 fully saturated rings. The smallest absolute Gasteiger partial charge is 0.311 e. The van der Waals surface area contributed by atoms with Crippen LogP contribution in [-0.4, -0.2) is 11.0 Å². The summed E-state index contributed by atoms with van der Waals surface area (Å²) >= 11 is 12.3. The monoisotopic (exact) mass is 347 g/mol. The SMILES string of the molecule is CCCC(=O)Oc1c(-c2ccc(Cl)cc2Cl)[nH]c2ccccc12. The number of hydrogen-bond acceptors (Lipinski definition) is 2. The summed E-state index contributed by atoms with van der Waals surface area (Å²) in [5, 5.41) is 1.90. The first-order valence-corrected chi connectivity index (χ1v) is 8.12. The van der Waals surface area contributed by atoms with Crippen LogP contribution in [0.5, 0.6) is 5.75 Å². The number of hydrogen-bond donors (Lipinski definition) is 1. The van der Waals surface area contributed by atoms with Crippen molar-refractivity contribution in [2.24, 2.45) is 0 Å². The highest BCUT2D eigenvalue weighted by molar-refractivity contribution is 6.36. The molecule has 23 heavy (non-hydrogen) atoms. The number of carbonyl (C=O) groups excluding carboxylic acids is 1. The molecule has 0 spiro atoms. The molecule has 0 amide bonds. The van der Waals surface area contributed by atoms with Crippen LogP contribution in [0.2, 0.25) is 10.0 Å². The van der Waals surface area contributed by atoms with E-state index in [0.29, 0.717) is 27.9 Å². The summed E-state index contributed by atoms with van der Waals surface area (Å²) in [7, 11) is 0. The number of ether oxygens (including phenoxy) is 1. The van der Waals surface area contributed by atoms with Gasteiger partial charge in [-0.15, -0.1) is 0 Å². The summed E-state index contributed by atoms with van der Waals surface area (Å²) in [5.41, 5.74) is 2.30. The van der Waals surface area contributed by atoms with E-state index in [9.17, 15) is 4.79 Å². The van der Waals surface area contributed by atoms with Gasteiger partial charge in [0.2, 0.25) is 0 Å². The van der Waals surface area contributed by atoms with Gasteiger partial charge in [-0.3, -0.25) is 4.79 Å². The van der Waals surface area contributed by atoms with Crippen molar-refractivity contribution in [3.05, 3.63) is 52.5 Å². The molecule has 2 aromatic carbocycles. The zero-order chi connectivity index (χ0) is 16.4. The van der Waals surface area contributed by atoms with Crippen LogP contribution < -0.4 is 4.74 Å². The molecule has 5 heteroatoms. The average Bonchev–Trinajstić information content (AvgIpc) is 2.86. The predicted octanol–water partition coefficient (Wildman–Crippen LogP) is 5.85. The molecule has 0 atom stereocenters. The van der Waals surface area contributed by atoms with E-state index in [0.717, 1.165) is 22.9 Å². The van der Waals surface area contributed by atoms with E-state index < -0.39 is 0 Å². The first-order valence-electron chi connectivity index (χ1n) is 7.37. The fourth-order valence-electron chi connectivity index (χ4n) is 2.47. The number of halogens is 2. The number of aromatic amines is 1. The molecule has 118 valence electrons. The number of esters is 1. The lowest BCUT2D eigenvalue weighted by atomic mass is 10.1. The number of benzene rings is 2. The summed E-state index contributed by atoms with van der Waals surface area (Å²) in [4.78, 5) is 15.3. The second kappa shape index (κ2) is 6.65. The Morgan fingerprint density at radius 2 is 1.96 bits per heavy atom. The Bertz CT molecular complexity index is 871. The van der Waals surface area contributed by atoms with E-state index in [1.807, 2.05) is 37.3 Å². The van der Waals surface area contributed by atoms with Gasteiger partial charge in [-0.2, -0.15) is 0 Å². The Morgan fingerprint density at radius 3 is 2.70 bits per heavy atom. The van der Waals surface area contributed by atoms with E-state index in [-0.39, 0.29) is 5.97 Å². The van der Waals surface area contributed by atoms with E-state index in [1.54, 1.807) is 12.1 Å². The van der Waals surface area contributed by atoms with Gasteiger partial charge in [-0.05, 0) is 36.8 Å². The molecule has 0 aliphatic carbocycles. The van der Waals surface area contributed by atoms with Crippen LogP contribution in [0.25, 0.3) is 22.2 Å². The van der Waals surface area contributed by atoms with Crippen molar-refractivity contribution in [1.82, 2.24) is 4.98 Å². The molecule has 3 aromatic rings.